The van der Waals surface area contributed by atoms with Crippen molar-refractivity contribution < 1.29 is 14.3 Å². The summed E-state index contributed by atoms with van der Waals surface area (Å²) < 4.78 is 5.63. The number of carbonyl (C=O) groups is 2. The number of ether oxygens (including phenoxy) is 1. The number of carbonyl (C=O) groups excluding carboxylic acids is 2. The maximum Gasteiger partial charge on any atom is 0.243 e. The Balaban J connectivity index is 1.95. The van der Waals surface area contributed by atoms with Gasteiger partial charge in [0, 0.05) is 19.5 Å². The lowest BCUT2D eigenvalue weighted by Crippen LogP contribution is -2.51. The largest absolute Gasteiger partial charge is 0.494 e. The van der Waals surface area contributed by atoms with Gasteiger partial charge in [0.25, 0.3) is 0 Å². The van der Waals surface area contributed by atoms with Gasteiger partial charge in [-0.3, -0.25) is 9.59 Å². The number of rotatable bonds is 7. The summed E-state index contributed by atoms with van der Waals surface area (Å²) in [7, 11) is 0. The van der Waals surface area contributed by atoms with Crippen LogP contribution in [-0.4, -0.2) is 35.9 Å². The van der Waals surface area contributed by atoms with Gasteiger partial charge in [0.15, 0.2) is 0 Å². The van der Waals surface area contributed by atoms with Crippen molar-refractivity contribution in [1.29, 1.82) is 0 Å². The number of aryl methyl sites for hydroxylation is 1. The van der Waals surface area contributed by atoms with Crippen molar-refractivity contribution in [2.45, 2.75) is 65.5 Å². The molecule has 1 atom stereocenters. The maximum atomic E-state index is 12.6. The molecule has 1 N–H and O–H groups in total. The third-order valence-corrected chi connectivity index (χ3v) is 4.67. The van der Waals surface area contributed by atoms with E-state index in [2.05, 4.69) is 12.2 Å². The second kappa shape index (κ2) is 9.44. The summed E-state index contributed by atoms with van der Waals surface area (Å²) in [6.45, 7) is 7.81. The minimum atomic E-state index is -0.325. The number of benzene rings is 1. The topological polar surface area (TPSA) is 58.6 Å². The molecule has 0 spiro atoms. The molecule has 138 valence electrons. The zero-order valence-electron chi connectivity index (χ0n) is 15.6. The Kier molecular flexibility index (Phi) is 7.29. The van der Waals surface area contributed by atoms with E-state index in [0.29, 0.717) is 26.1 Å². The van der Waals surface area contributed by atoms with Gasteiger partial charge in [0.05, 0.1) is 6.61 Å². The van der Waals surface area contributed by atoms with E-state index < -0.39 is 0 Å². The molecule has 5 heteroatoms. The Hall–Kier alpha value is -2.04. The van der Waals surface area contributed by atoms with Crippen molar-refractivity contribution >= 4 is 11.8 Å². The van der Waals surface area contributed by atoms with Gasteiger partial charge < -0.3 is 15.0 Å². The molecule has 2 rings (SSSR count). The first-order valence-corrected chi connectivity index (χ1v) is 9.36. The molecule has 1 heterocycles. The fourth-order valence-electron chi connectivity index (χ4n) is 3.18. The summed E-state index contributed by atoms with van der Waals surface area (Å²) in [4.78, 5) is 26.4. The molecule has 25 heavy (non-hydrogen) atoms. The number of amides is 2. The number of hydrogen-bond donors (Lipinski definition) is 1. The van der Waals surface area contributed by atoms with E-state index in [4.69, 9.17) is 4.74 Å². The quantitative estimate of drug-likeness (QED) is 0.825. The van der Waals surface area contributed by atoms with E-state index in [1.165, 1.54) is 0 Å². The number of nitrogens with one attached hydrogen (secondary N) is 1. The fourth-order valence-corrected chi connectivity index (χ4v) is 3.18. The third-order valence-electron chi connectivity index (χ3n) is 4.67. The maximum absolute atomic E-state index is 12.6. The van der Waals surface area contributed by atoms with E-state index in [1.54, 1.807) is 4.90 Å². The molecular weight excluding hydrogens is 316 g/mol. The molecular formula is C20H30N2O3. The molecule has 0 aliphatic carbocycles. The highest BCUT2D eigenvalue weighted by atomic mass is 16.5. The first kappa shape index (κ1) is 19.3. The van der Waals surface area contributed by atoms with Crippen LogP contribution in [0.3, 0.4) is 0 Å². The van der Waals surface area contributed by atoms with Crippen LogP contribution >= 0.6 is 0 Å². The van der Waals surface area contributed by atoms with Crippen LogP contribution in [0.1, 0.15) is 57.1 Å². The number of nitrogens with zero attached hydrogens (tertiary/aromatic N) is 1. The van der Waals surface area contributed by atoms with Crippen LogP contribution in [0.25, 0.3) is 0 Å². The first-order valence-electron chi connectivity index (χ1n) is 9.36. The molecule has 1 aliphatic heterocycles. The average Bonchev–Trinajstić information content (AvgIpc) is 2.64. The van der Waals surface area contributed by atoms with Gasteiger partial charge in [-0.1, -0.05) is 19.9 Å². The zero-order chi connectivity index (χ0) is 18.2. The molecule has 1 aromatic rings. The minimum Gasteiger partial charge on any atom is -0.494 e. The van der Waals surface area contributed by atoms with Crippen LogP contribution in [0.15, 0.2) is 18.2 Å². The SMILES string of the molecule is CCCOc1ccc(CNC(=O)[C@@H]2CCCCN2C(=O)CC)c(C)c1. The van der Waals surface area contributed by atoms with E-state index in [-0.39, 0.29) is 17.9 Å². The smallest absolute Gasteiger partial charge is 0.243 e. The highest BCUT2D eigenvalue weighted by Gasteiger charge is 2.31. The highest BCUT2D eigenvalue weighted by molar-refractivity contribution is 5.87. The summed E-state index contributed by atoms with van der Waals surface area (Å²) in [5.41, 5.74) is 2.17. The summed E-state index contributed by atoms with van der Waals surface area (Å²) in [6, 6.07) is 5.62. The molecule has 0 aromatic heterocycles. The Labute approximate surface area is 150 Å². The van der Waals surface area contributed by atoms with Crippen LogP contribution in [0.2, 0.25) is 0 Å². The van der Waals surface area contributed by atoms with Crippen molar-refractivity contribution in [2.24, 2.45) is 0 Å². The molecule has 0 bridgehead atoms. The van der Waals surface area contributed by atoms with Crippen molar-refractivity contribution in [3.63, 3.8) is 0 Å². The van der Waals surface area contributed by atoms with E-state index in [9.17, 15) is 9.59 Å². The summed E-state index contributed by atoms with van der Waals surface area (Å²) in [5.74, 6) is 0.877. The highest BCUT2D eigenvalue weighted by Crippen LogP contribution is 2.20. The van der Waals surface area contributed by atoms with Gasteiger partial charge in [0.1, 0.15) is 11.8 Å². The molecule has 1 aromatic carbocycles. The van der Waals surface area contributed by atoms with Crippen molar-refractivity contribution in [2.75, 3.05) is 13.2 Å². The second-order valence-electron chi connectivity index (χ2n) is 6.61. The number of piperidine rings is 1. The molecule has 0 radical (unpaired) electrons. The van der Waals surface area contributed by atoms with Crippen LogP contribution in [0.4, 0.5) is 0 Å². The minimum absolute atomic E-state index is 0.0489. The van der Waals surface area contributed by atoms with Gasteiger partial charge >= 0.3 is 0 Å². The Morgan fingerprint density at radius 1 is 1.28 bits per heavy atom. The summed E-state index contributed by atoms with van der Waals surface area (Å²) >= 11 is 0. The monoisotopic (exact) mass is 346 g/mol. The lowest BCUT2D eigenvalue weighted by atomic mass is 10.0. The predicted octanol–water partition coefficient (Wildman–Crippen LogP) is 3.19. The molecule has 5 nitrogen and oxygen atoms in total. The number of hydrogen-bond acceptors (Lipinski definition) is 3. The van der Waals surface area contributed by atoms with Crippen LogP contribution in [0, 0.1) is 6.92 Å². The molecule has 1 aliphatic rings. The van der Waals surface area contributed by atoms with Gasteiger partial charge in [-0.25, -0.2) is 0 Å². The van der Waals surface area contributed by atoms with Crippen molar-refractivity contribution in [1.82, 2.24) is 10.2 Å². The van der Waals surface area contributed by atoms with Crippen LogP contribution < -0.4 is 10.1 Å². The predicted molar refractivity (Wildman–Crippen MR) is 98.5 cm³/mol. The van der Waals surface area contributed by atoms with Crippen LogP contribution in [0.5, 0.6) is 5.75 Å². The van der Waals surface area contributed by atoms with Gasteiger partial charge in [0.2, 0.25) is 11.8 Å². The molecule has 0 unspecified atom stereocenters. The average molecular weight is 346 g/mol. The standard InChI is InChI=1S/C20H30N2O3/c1-4-12-25-17-10-9-16(15(3)13-17)14-21-20(24)18-8-6-7-11-22(18)19(23)5-2/h9-10,13,18H,4-8,11-12,14H2,1-3H3,(H,21,24)/t18-/m0/s1. The lowest BCUT2D eigenvalue weighted by molar-refractivity contribution is -0.142. The van der Waals surface area contributed by atoms with Crippen molar-refractivity contribution in [3.05, 3.63) is 29.3 Å². The third kappa shape index (κ3) is 5.21. The normalized spacial score (nSPS) is 17.2. The van der Waals surface area contributed by atoms with Gasteiger partial charge in [-0.15, -0.1) is 0 Å². The molecule has 1 fully saturated rings. The molecule has 2 amide bonds. The fraction of sp³-hybridized carbons (Fsp3) is 0.600. The Bertz CT molecular complexity index is 601. The Morgan fingerprint density at radius 3 is 2.76 bits per heavy atom. The number of likely N-dealkylation sites (tertiary alicyclic amines) is 1. The zero-order valence-corrected chi connectivity index (χ0v) is 15.6. The summed E-state index contributed by atoms with van der Waals surface area (Å²) in [6.07, 6.45) is 4.15. The van der Waals surface area contributed by atoms with Gasteiger partial charge in [-0.2, -0.15) is 0 Å². The lowest BCUT2D eigenvalue weighted by Gasteiger charge is -2.34. The van der Waals surface area contributed by atoms with Gasteiger partial charge in [-0.05, 0) is 55.9 Å². The van der Waals surface area contributed by atoms with E-state index in [0.717, 1.165) is 42.6 Å². The van der Waals surface area contributed by atoms with Crippen molar-refractivity contribution in [3.8, 4) is 5.75 Å². The van der Waals surface area contributed by atoms with E-state index in [1.807, 2.05) is 32.0 Å². The first-order chi connectivity index (χ1) is 12.1. The van der Waals surface area contributed by atoms with E-state index >= 15 is 0 Å². The summed E-state index contributed by atoms with van der Waals surface area (Å²) in [5, 5.41) is 3.01. The second-order valence-corrected chi connectivity index (χ2v) is 6.61. The Morgan fingerprint density at radius 2 is 2.08 bits per heavy atom. The van der Waals surface area contributed by atoms with Crippen LogP contribution in [-0.2, 0) is 16.1 Å². The molecule has 1 saturated heterocycles. The molecule has 0 saturated carbocycles.